The minimum absolute atomic E-state index is 0.0349. The molecule has 7 heteroatoms. The van der Waals surface area contributed by atoms with Crippen LogP contribution in [0.2, 0.25) is 0 Å². The van der Waals surface area contributed by atoms with Crippen LogP contribution in [0.4, 0.5) is 0 Å². The molecule has 0 aromatic carbocycles. The van der Waals surface area contributed by atoms with Crippen LogP contribution in [-0.4, -0.2) is 58.3 Å². The normalized spacial score (nSPS) is 26.5. The summed E-state index contributed by atoms with van der Waals surface area (Å²) in [5.74, 6) is 0.248. The van der Waals surface area contributed by atoms with Crippen LogP contribution in [0, 0.1) is 5.41 Å². The van der Waals surface area contributed by atoms with Crippen LogP contribution in [0.5, 0.6) is 0 Å². The molecule has 1 aromatic heterocycles. The van der Waals surface area contributed by atoms with Gasteiger partial charge in [0.25, 0.3) is 0 Å². The fourth-order valence-electron chi connectivity index (χ4n) is 4.83. The summed E-state index contributed by atoms with van der Waals surface area (Å²) in [5.41, 5.74) is -0.435. The minimum atomic E-state index is -0.435. The predicted octanol–water partition coefficient (Wildman–Crippen LogP) is 1.98. The molecule has 2 aliphatic heterocycles. The molecule has 3 heterocycles. The highest BCUT2D eigenvalue weighted by molar-refractivity contribution is 5.87. The number of fused-ring (bicyclic) bond motifs is 2. The lowest BCUT2D eigenvalue weighted by molar-refractivity contribution is -0.137. The van der Waals surface area contributed by atoms with E-state index in [1.807, 2.05) is 28.8 Å². The summed E-state index contributed by atoms with van der Waals surface area (Å²) in [6, 6.07) is 2.14. The van der Waals surface area contributed by atoms with Crippen molar-refractivity contribution in [2.75, 3.05) is 19.8 Å². The van der Waals surface area contributed by atoms with Crippen molar-refractivity contribution in [3.05, 3.63) is 18.5 Å². The molecule has 27 heavy (non-hydrogen) atoms. The average Bonchev–Trinajstić information content (AvgIpc) is 3.40. The molecule has 3 rings (SSSR count). The van der Waals surface area contributed by atoms with Crippen LogP contribution in [0.3, 0.4) is 0 Å². The number of rotatable bonds is 10. The molecule has 0 saturated carbocycles. The van der Waals surface area contributed by atoms with Gasteiger partial charge in [-0.1, -0.05) is 6.92 Å². The average molecular weight is 377 g/mol. The van der Waals surface area contributed by atoms with Gasteiger partial charge in [0.15, 0.2) is 0 Å². The first-order valence-corrected chi connectivity index (χ1v) is 10.3. The summed E-state index contributed by atoms with van der Waals surface area (Å²) in [4.78, 5) is 27.8. The van der Waals surface area contributed by atoms with Crippen LogP contribution < -0.4 is 5.32 Å². The number of carbonyl (C=O) groups excluding carboxylic acids is 2. The zero-order chi connectivity index (χ0) is 19.3. The Kier molecular flexibility index (Phi) is 6.52. The smallest absolute Gasteiger partial charge is 0.228 e. The largest absolute Gasteiger partial charge is 0.381 e. The molecule has 2 aliphatic rings. The van der Waals surface area contributed by atoms with Crippen molar-refractivity contribution in [1.82, 2.24) is 20.0 Å². The third-order valence-electron chi connectivity index (χ3n) is 6.18. The topological polar surface area (TPSA) is 76.5 Å². The number of aryl methyl sites for hydroxylation is 1. The van der Waals surface area contributed by atoms with Crippen LogP contribution in [0.15, 0.2) is 18.5 Å². The van der Waals surface area contributed by atoms with E-state index in [-0.39, 0.29) is 23.9 Å². The van der Waals surface area contributed by atoms with E-state index in [9.17, 15) is 9.59 Å². The summed E-state index contributed by atoms with van der Waals surface area (Å²) >= 11 is 0. The van der Waals surface area contributed by atoms with Crippen LogP contribution >= 0.6 is 0 Å². The van der Waals surface area contributed by atoms with E-state index in [0.717, 1.165) is 38.6 Å². The van der Waals surface area contributed by atoms with Crippen molar-refractivity contribution in [3.63, 3.8) is 0 Å². The lowest BCUT2D eigenvalue weighted by atomic mass is 9.71. The first-order valence-electron chi connectivity index (χ1n) is 10.3. The highest BCUT2D eigenvalue weighted by Gasteiger charge is 2.59. The van der Waals surface area contributed by atoms with E-state index in [1.54, 1.807) is 6.20 Å². The van der Waals surface area contributed by atoms with Gasteiger partial charge in [0, 0.05) is 44.2 Å². The Labute approximate surface area is 161 Å². The van der Waals surface area contributed by atoms with E-state index in [2.05, 4.69) is 17.3 Å². The predicted molar refractivity (Wildman–Crippen MR) is 102 cm³/mol. The van der Waals surface area contributed by atoms with Gasteiger partial charge in [-0.05, 0) is 45.1 Å². The monoisotopic (exact) mass is 376 g/mol. The van der Waals surface area contributed by atoms with E-state index < -0.39 is 5.41 Å². The molecular formula is C20H32N4O3. The van der Waals surface area contributed by atoms with Gasteiger partial charge >= 0.3 is 0 Å². The number of hydrogen-bond acceptors (Lipinski definition) is 4. The third-order valence-corrected chi connectivity index (χ3v) is 6.18. The molecule has 2 fully saturated rings. The molecule has 1 N–H and O–H groups in total. The van der Waals surface area contributed by atoms with E-state index in [0.29, 0.717) is 26.2 Å². The number of carbonyl (C=O) groups is 2. The number of ether oxygens (including phenoxy) is 1. The van der Waals surface area contributed by atoms with Gasteiger partial charge in [-0.15, -0.1) is 0 Å². The molecule has 7 nitrogen and oxygen atoms in total. The second-order valence-corrected chi connectivity index (χ2v) is 7.59. The second kappa shape index (κ2) is 8.87. The molecule has 0 spiro atoms. The highest BCUT2D eigenvalue weighted by atomic mass is 16.5. The highest BCUT2D eigenvalue weighted by Crippen LogP contribution is 2.52. The van der Waals surface area contributed by atoms with Gasteiger partial charge in [0.2, 0.25) is 11.8 Å². The summed E-state index contributed by atoms with van der Waals surface area (Å²) in [7, 11) is 0. The molecule has 2 saturated heterocycles. The van der Waals surface area contributed by atoms with Crippen LogP contribution in [0.25, 0.3) is 0 Å². The lowest BCUT2D eigenvalue weighted by Crippen LogP contribution is -2.50. The summed E-state index contributed by atoms with van der Waals surface area (Å²) in [5, 5.41) is 7.31. The molecule has 0 unspecified atom stereocenters. The molecule has 0 aliphatic carbocycles. The standard InChI is InChI=1S/C20H32N4O3/c1-3-20(19(26)21-10-5-12-23-13-6-11-22-23)15-16-7-8-17(20)24(16)18(25)9-14-27-4-2/h6,11,13,16-17H,3-5,7-10,12,14-15H2,1-2H3,(H,21,26)/t16-,17+,20+/m0/s1. The maximum absolute atomic E-state index is 13.1. The van der Waals surface area contributed by atoms with Crippen molar-refractivity contribution >= 4 is 11.8 Å². The summed E-state index contributed by atoms with van der Waals surface area (Å²) in [6.45, 7) is 6.52. The zero-order valence-corrected chi connectivity index (χ0v) is 16.5. The van der Waals surface area contributed by atoms with Crippen molar-refractivity contribution in [2.24, 2.45) is 5.41 Å². The summed E-state index contributed by atoms with van der Waals surface area (Å²) < 4.78 is 7.22. The number of nitrogens with zero attached hydrogens (tertiary/aromatic N) is 3. The quantitative estimate of drug-likeness (QED) is 0.634. The number of nitrogens with one attached hydrogen (secondary N) is 1. The third kappa shape index (κ3) is 4.03. The van der Waals surface area contributed by atoms with Gasteiger partial charge < -0.3 is 15.0 Å². The van der Waals surface area contributed by atoms with Gasteiger partial charge in [-0.2, -0.15) is 5.10 Å². The molecule has 2 amide bonds. The van der Waals surface area contributed by atoms with E-state index in [1.165, 1.54) is 0 Å². The van der Waals surface area contributed by atoms with Crippen LogP contribution in [0.1, 0.15) is 52.4 Å². The van der Waals surface area contributed by atoms with Crippen molar-refractivity contribution < 1.29 is 14.3 Å². The molecule has 150 valence electrons. The molecule has 2 bridgehead atoms. The van der Waals surface area contributed by atoms with E-state index in [4.69, 9.17) is 4.74 Å². The van der Waals surface area contributed by atoms with Gasteiger partial charge in [-0.25, -0.2) is 0 Å². The molecule has 0 radical (unpaired) electrons. The Balaban J connectivity index is 1.56. The fourth-order valence-corrected chi connectivity index (χ4v) is 4.83. The zero-order valence-electron chi connectivity index (χ0n) is 16.5. The number of amides is 2. The minimum Gasteiger partial charge on any atom is -0.381 e. The maximum atomic E-state index is 13.1. The molecule has 1 aromatic rings. The Hall–Kier alpha value is -1.89. The second-order valence-electron chi connectivity index (χ2n) is 7.59. The van der Waals surface area contributed by atoms with Gasteiger partial charge in [0.05, 0.1) is 18.4 Å². The van der Waals surface area contributed by atoms with E-state index >= 15 is 0 Å². The lowest BCUT2D eigenvalue weighted by Gasteiger charge is -2.35. The van der Waals surface area contributed by atoms with Crippen molar-refractivity contribution in [1.29, 1.82) is 0 Å². The van der Waals surface area contributed by atoms with Crippen LogP contribution in [-0.2, 0) is 20.9 Å². The first kappa shape index (κ1) is 19.9. The molecular weight excluding hydrogens is 344 g/mol. The Bertz CT molecular complexity index is 633. The fraction of sp³-hybridized carbons (Fsp3) is 0.750. The Morgan fingerprint density at radius 2 is 2.19 bits per heavy atom. The van der Waals surface area contributed by atoms with Gasteiger partial charge in [0.1, 0.15) is 0 Å². The SMILES string of the molecule is CCOCCC(=O)N1[C@H]2CC[C@@H]1[C@](CC)(C(=O)NCCCn1cccn1)C2. The van der Waals surface area contributed by atoms with Gasteiger partial charge in [-0.3, -0.25) is 14.3 Å². The number of hydrogen-bond donors (Lipinski definition) is 1. The first-order chi connectivity index (χ1) is 13.1. The number of aromatic nitrogens is 2. The van der Waals surface area contributed by atoms with Crippen molar-refractivity contribution in [2.45, 2.75) is 71.0 Å². The summed E-state index contributed by atoms with van der Waals surface area (Å²) in [6.07, 6.45) is 8.45. The Morgan fingerprint density at radius 1 is 1.33 bits per heavy atom. The Morgan fingerprint density at radius 3 is 2.89 bits per heavy atom. The molecule has 3 atom stereocenters. The maximum Gasteiger partial charge on any atom is 0.228 e. The van der Waals surface area contributed by atoms with Crippen molar-refractivity contribution in [3.8, 4) is 0 Å².